The van der Waals surface area contributed by atoms with Crippen molar-refractivity contribution >= 4 is 12.1 Å². The van der Waals surface area contributed by atoms with E-state index in [-0.39, 0.29) is 11.2 Å². The van der Waals surface area contributed by atoms with Crippen LogP contribution in [0.2, 0.25) is 0 Å². The summed E-state index contributed by atoms with van der Waals surface area (Å²) in [6.07, 6.45) is 0.511. The van der Waals surface area contributed by atoms with Gasteiger partial charge in [-0.25, -0.2) is 9.36 Å². The van der Waals surface area contributed by atoms with Crippen LogP contribution in [0.25, 0.3) is 11.4 Å². The third-order valence-corrected chi connectivity index (χ3v) is 3.81. The van der Waals surface area contributed by atoms with Crippen LogP contribution in [0.1, 0.15) is 5.69 Å². The molecule has 3 aromatic rings. The minimum atomic E-state index is -0.298. The fourth-order valence-corrected chi connectivity index (χ4v) is 2.67. The van der Waals surface area contributed by atoms with E-state index in [2.05, 4.69) is 5.32 Å². The number of benzene rings is 2. The molecule has 1 aromatic heterocycles. The predicted octanol–water partition coefficient (Wildman–Crippen LogP) is 2.51. The molecule has 1 heterocycles. The first-order valence-electron chi connectivity index (χ1n) is 7.42. The Bertz CT molecular complexity index is 909. The summed E-state index contributed by atoms with van der Waals surface area (Å²) in [6.45, 7) is 1.79. The van der Waals surface area contributed by atoms with Crippen molar-refractivity contribution in [3.05, 3.63) is 70.6 Å². The molecule has 6 heteroatoms. The average molecular weight is 323 g/mol. The summed E-state index contributed by atoms with van der Waals surface area (Å²) < 4.78 is 8.46. The summed E-state index contributed by atoms with van der Waals surface area (Å²) in [5.74, 6) is 0.701. The smallest absolute Gasteiger partial charge is 0.295 e. The summed E-state index contributed by atoms with van der Waals surface area (Å²) in [7, 11) is 1.59. The van der Waals surface area contributed by atoms with Crippen molar-refractivity contribution in [3.63, 3.8) is 0 Å². The molecule has 1 amide bonds. The Morgan fingerprint density at radius 2 is 1.58 bits per heavy atom. The minimum Gasteiger partial charge on any atom is -0.497 e. The van der Waals surface area contributed by atoms with Crippen molar-refractivity contribution < 1.29 is 9.53 Å². The molecule has 0 aliphatic carbocycles. The molecule has 122 valence electrons. The van der Waals surface area contributed by atoms with Crippen LogP contribution in [0.3, 0.4) is 0 Å². The average Bonchev–Trinajstić information content (AvgIpc) is 2.87. The molecule has 1 N–H and O–H groups in total. The highest BCUT2D eigenvalue weighted by molar-refractivity contribution is 5.73. The Morgan fingerprint density at radius 3 is 2.17 bits per heavy atom. The SMILES string of the molecule is COc1ccc(-n2c(=O)c(NC=O)c(C)n2-c2ccccc2)cc1. The number of nitrogens with one attached hydrogen (secondary N) is 1. The number of rotatable bonds is 5. The topological polar surface area (TPSA) is 65.3 Å². The minimum absolute atomic E-state index is 0.254. The lowest BCUT2D eigenvalue weighted by molar-refractivity contribution is -0.105. The van der Waals surface area contributed by atoms with Gasteiger partial charge in [0.15, 0.2) is 0 Å². The molecular formula is C18H17N3O3. The fraction of sp³-hybridized carbons (Fsp3) is 0.111. The zero-order valence-electron chi connectivity index (χ0n) is 13.4. The summed E-state index contributed by atoms with van der Waals surface area (Å²) in [5.41, 5.74) is 2.10. The molecule has 0 saturated heterocycles. The molecule has 0 bridgehead atoms. The number of carbonyl (C=O) groups is 1. The van der Waals surface area contributed by atoms with Gasteiger partial charge in [-0.15, -0.1) is 0 Å². The van der Waals surface area contributed by atoms with Gasteiger partial charge in [0.25, 0.3) is 5.56 Å². The largest absolute Gasteiger partial charge is 0.497 e. The molecule has 0 aliphatic rings. The van der Waals surface area contributed by atoms with Crippen LogP contribution in [0.5, 0.6) is 5.75 Å². The number of anilines is 1. The first-order chi connectivity index (χ1) is 11.7. The second-order valence-electron chi connectivity index (χ2n) is 5.18. The monoisotopic (exact) mass is 323 g/mol. The lowest BCUT2D eigenvalue weighted by Gasteiger charge is -2.13. The zero-order chi connectivity index (χ0) is 17.1. The number of hydrogen-bond acceptors (Lipinski definition) is 3. The Balaban J connectivity index is 2.28. The number of methoxy groups -OCH3 is 1. The highest BCUT2D eigenvalue weighted by Gasteiger charge is 2.19. The van der Waals surface area contributed by atoms with E-state index in [1.54, 1.807) is 43.0 Å². The molecule has 0 fully saturated rings. The maximum absolute atomic E-state index is 12.8. The summed E-state index contributed by atoms with van der Waals surface area (Å²) in [4.78, 5) is 23.7. The van der Waals surface area contributed by atoms with Gasteiger partial charge in [-0.2, -0.15) is 0 Å². The number of para-hydroxylation sites is 1. The van der Waals surface area contributed by atoms with Gasteiger partial charge in [-0.05, 0) is 43.3 Å². The maximum atomic E-state index is 12.8. The van der Waals surface area contributed by atoms with Gasteiger partial charge in [0, 0.05) is 0 Å². The summed E-state index contributed by atoms with van der Waals surface area (Å²) in [6, 6.07) is 16.7. The van der Waals surface area contributed by atoms with Gasteiger partial charge in [0.1, 0.15) is 11.4 Å². The quantitative estimate of drug-likeness (QED) is 0.734. The predicted molar refractivity (Wildman–Crippen MR) is 92.3 cm³/mol. The number of carbonyl (C=O) groups excluding carboxylic acids is 1. The van der Waals surface area contributed by atoms with Gasteiger partial charge in [-0.3, -0.25) is 9.59 Å². The van der Waals surface area contributed by atoms with E-state index in [4.69, 9.17) is 4.74 Å². The van der Waals surface area contributed by atoms with E-state index in [0.29, 0.717) is 23.5 Å². The molecule has 24 heavy (non-hydrogen) atoms. The third-order valence-electron chi connectivity index (χ3n) is 3.81. The Labute approximate surface area is 138 Å². The van der Waals surface area contributed by atoms with Gasteiger partial charge in [-0.1, -0.05) is 18.2 Å². The van der Waals surface area contributed by atoms with Crippen molar-refractivity contribution in [2.24, 2.45) is 0 Å². The van der Waals surface area contributed by atoms with Gasteiger partial charge >= 0.3 is 0 Å². The number of nitrogens with zero attached hydrogens (tertiary/aromatic N) is 2. The van der Waals surface area contributed by atoms with Crippen LogP contribution in [-0.2, 0) is 4.79 Å². The molecule has 3 rings (SSSR count). The van der Waals surface area contributed by atoms with Crippen LogP contribution < -0.4 is 15.6 Å². The van der Waals surface area contributed by atoms with Crippen molar-refractivity contribution in [3.8, 4) is 17.1 Å². The van der Waals surface area contributed by atoms with Crippen LogP contribution in [0.15, 0.2) is 59.4 Å². The van der Waals surface area contributed by atoms with Gasteiger partial charge in [0.05, 0.1) is 24.2 Å². The van der Waals surface area contributed by atoms with E-state index in [1.165, 1.54) is 4.68 Å². The lowest BCUT2D eigenvalue weighted by atomic mass is 10.3. The van der Waals surface area contributed by atoms with E-state index < -0.39 is 0 Å². The van der Waals surface area contributed by atoms with E-state index in [0.717, 1.165) is 5.69 Å². The second-order valence-corrected chi connectivity index (χ2v) is 5.18. The molecule has 0 spiro atoms. The Kier molecular flexibility index (Phi) is 4.20. The number of hydrogen-bond donors (Lipinski definition) is 1. The Hall–Kier alpha value is -3.28. The molecule has 2 aromatic carbocycles. The van der Waals surface area contributed by atoms with Crippen LogP contribution in [0, 0.1) is 6.92 Å². The first kappa shape index (κ1) is 15.6. The third kappa shape index (κ3) is 2.58. The zero-order valence-corrected chi connectivity index (χ0v) is 13.4. The molecule has 0 aliphatic heterocycles. The molecule has 0 saturated carbocycles. The molecule has 0 unspecified atom stereocenters. The summed E-state index contributed by atoms with van der Waals surface area (Å²) >= 11 is 0. The maximum Gasteiger partial charge on any atom is 0.295 e. The number of amides is 1. The van der Waals surface area contributed by atoms with Gasteiger partial charge in [0.2, 0.25) is 6.41 Å². The van der Waals surface area contributed by atoms with Crippen LogP contribution in [0.4, 0.5) is 5.69 Å². The van der Waals surface area contributed by atoms with E-state index in [1.807, 2.05) is 30.3 Å². The molecule has 0 radical (unpaired) electrons. The van der Waals surface area contributed by atoms with Crippen molar-refractivity contribution in [2.45, 2.75) is 6.92 Å². The number of aromatic nitrogens is 2. The lowest BCUT2D eigenvalue weighted by Crippen LogP contribution is -2.21. The second kappa shape index (κ2) is 6.45. The standard InChI is InChI=1S/C18H17N3O3/c1-13-17(19-12-22)18(23)21(15-8-10-16(24-2)11-9-15)20(13)14-6-4-3-5-7-14/h3-12H,1-2H3,(H,19,22). The van der Waals surface area contributed by atoms with Crippen molar-refractivity contribution in [2.75, 3.05) is 12.4 Å². The fourth-order valence-electron chi connectivity index (χ4n) is 2.67. The first-order valence-corrected chi connectivity index (χ1v) is 7.42. The van der Waals surface area contributed by atoms with Crippen molar-refractivity contribution in [1.82, 2.24) is 9.36 Å². The normalized spacial score (nSPS) is 10.4. The summed E-state index contributed by atoms with van der Waals surface area (Å²) in [5, 5.41) is 2.51. The van der Waals surface area contributed by atoms with Crippen molar-refractivity contribution in [1.29, 1.82) is 0 Å². The molecule has 6 nitrogen and oxygen atoms in total. The van der Waals surface area contributed by atoms with E-state index >= 15 is 0 Å². The van der Waals surface area contributed by atoms with Gasteiger partial charge < -0.3 is 10.1 Å². The molecule has 0 atom stereocenters. The Morgan fingerprint density at radius 1 is 0.958 bits per heavy atom. The number of ether oxygens (including phenoxy) is 1. The highest BCUT2D eigenvalue weighted by atomic mass is 16.5. The highest BCUT2D eigenvalue weighted by Crippen LogP contribution is 2.21. The van der Waals surface area contributed by atoms with Crippen LogP contribution >= 0.6 is 0 Å². The van der Waals surface area contributed by atoms with E-state index in [9.17, 15) is 9.59 Å². The molecular weight excluding hydrogens is 306 g/mol. The van der Waals surface area contributed by atoms with Crippen LogP contribution in [-0.4, -0.2) is 22.9 Å².